The quantitative estimate of drug-likeness (QED) is 0.303. The van der Waals surface area contributed by atoms with Crippen molar-refractivity contribution >= 4 is 11.5 Å². The molecule has 0 aliphatic rings. The monoisotopic (exact) mass is 456 g/mol. The lowest BCUT2D eigenvalue weighted by Gasteiger charge is -2.15. The first-order valence-electron chi connectivity index (χ1n) is 10.6. The number of aromatic hydroxyl groups is 1. The molecule has 3 N–H and O–H groups in total. The molecule has 8 heteroatoms. The second kappa shape index (κ2) is 9.91. The van der Waals surface area contributed by atoms with E-state index in [2.05, 4.69) is 15.3 Å². The fourth-order valence-electron chi connectivity index (χ4n) is 3.53. The van der Waals surface area contributed by atoms with Gasteiger partial charge in [-0.15, -0.1) is 0 Å². The third kappa shape index (κ3) is 4.91. The van der Waals surface area contributed by atoms with Gasteiger partial charge >= 0.3 is 5.69 Å². The molecule has 0 fully saturated rings. The summed E-state index contributed by atoms with van der Waals surface area (Å²) in [6, 6.07) is 23.5. The van der Waals surface area contributed by atoms with E-state index in [1.54, 1.807) is 24.3 Å². The number of nitrogens with zero attached hydrogens (tertiary/aromatic N) is 2. The summed E-state index contributed by atoms with van der Waals surface area (Å²) in [6.07, 6.45) is 0. The molecular formula is C26H24N4O4. The number of benzene rings is 3. The number of methoxy groups -OCH3 is 1. The number of ether oxygens (including phenoxy) is 1. The summed E-state index contributed by atoms with van der Waals surface area (Å²) in [5.41, 5.74) is 1.38. The van der Waals surface area contributed by atoms with E-state index in [1.807, 2.05) is 61.5 Å². The second-order valence-electron chi connectivity index (χ2n) is 7.64. The van der Waals surface area contributed by atoms with Crippen LogP contribution in [0.15, 0.2) is 93.4 Å². The van der Waals surface area contributed by atoms with Gasteiger partial charge in [-0.25, -0.2) is 9.36 Å². The summed E-state index contributed by atoms with van der Waals surface area (Å²) < 4.78 is 6.18. The summed E-state index contributed by atoms with van der Waals surface area (Å²) in [5.74, 6) is 0.200. The molecule has 0 atom stereocenters. The Bertz CT molecular complexity index is 1440. The van der Waals surface area contributed by atoms with Gasteiger partial charge in [0.2, 0.25) is 5.88 Å². The minimum absolute atomic E-state index is 0.133. The first-order valence-corrected chi connectivity index (χ1v) is 10.6. The van der Waals surface area contributed by atoms with Gasteiger partial charge in [-0.2, -0.15) is 0 Å². The lowest BCUT2D eigenvalue weighted by molar-refractivity contribution is 0.414. The van der Waals surface area contributed by atoms with E-state index in [9.17, 15) is 14.7 Å². The lowest BCUT2D eigenvalue weighted by atomic mass is 10.1. The van der Waals surface area contributed by atoms with E-state index >= 15 is 0 Å². The molecule has 1 heterocycles. The largest absolute Gasteiger partial charge is 0.497 e. The molecular weight excluding hydrogens is 432 g/mol. The van der Waals surface area contributed by atoms with Crippen LogP contribution in [-0.4, -0.2) is 27.6 Å². The van der Waals surface area contributed by atoms with Crippen molar-refractivity contribution in [3.63, 3.8) is 0 Å². The first-order chi connectivity index (χ1) is 16.5. The van der Waals surface area contributed by atoms with E-state index in [-0.39, 0.29) is 17.9 Å². The van der Waals surface area contributed by atoms with Crippen LogP contribution in [0.1, 0.15) is 16.7 Å². The Kier molecular flexibility index (Phi) is 6.59. The zero-order valence-corrected chi connectivity index (χ0v) is 18.8. The van der Waals surface area contributed by atoms with Crippen LogP contribution in [0.3, 0.4) is 0 Å². The summed E-state index contributed by atoms with van der Waals surface area (Å²) >= 11 is 0. The summed E-state index contributed by atoms with van der Waals surface area (Å²) in [6.45, 7) is 2.25. The Morgan fingerprint density at radius 2 is 1.76 bits per heavy atom. The molecule has 4 rings (SSSR count). The number of aromatic nitrogens is 2. The molecule has 0 unspecified atom stereocenters. The standard InChI is InChI=1S/C26H24N4O4/c1-17-7-6-8-18(15-17)16-27-23(28-19-9-4-3-5-10-19)22-24(31)29-26(33)30(25(22)32)20-11-13-21(34-2)14-12-20/h3-15,32H,16H2,1-2H3,(H,27,28)(H,29,31,33). The zero-order valence-electron chi connectivity index (χ0n) is 18.8. The maximum atomic E-state index is 12.9. The Labute approximate surface area is 195 Å². The van der Waals surface area contributed by atoms with Crippen molar-refractivity contribution in [2.75, 3.05) is 12.4 Å². The van der Waals surface area contributed by atoms with Gasteiger partial charge in [0.05, 0.1) is 19.3 Å². The summed E-state index contributed by atoms with van der Waals surface area (Å²) in [5, 5.41) is 14.2. The normalized spacial score (nSPS) is 11.3. The molecule has 3 aromatic carbocycles. The number of anilines is 1. The second-order valence-corrected chi connectivity index (χ2v) is 7.64. The molecule has 0 saturated heterocycles. The number of nitrogens with one attached hydrogen (secondary N) is 2. The fraction of sp³-hybridized carbons (Fsp3) is 0.115. The summed E-state index contributed by atoms with van der Waals surface area (Å²) in [4.78, 5) is 32.4. The maximum Gasteiger partial charge on any atom is 0.335 e. The van der Waals surface area contributed by atoms with Crippen LogP contribution >= 0.6 is 0 Å². The van der Waals surface area contributed by atoms with Gasteiger partial charge in [-0.1, -0.05) is 48.0 Å². The summed E-state index contributed by atoms with van der Waals surface area (Å²) in [7, 11) is 1.53. The van der Waals surface area contributed by atoms with Gasteiger partial charge in [-0.3, -0.25) is 14.8 Å². The van der Waals surface area contributed by atoms with E-state index in [4.69, 9.17) is 4.74 Å². The van der Waals surface area contributed by atoms with Gasteiger partial charge in [-0.05, 0) is 48.9 Å². The van der Waals surface area contributed by atoms with Crippen LogP contribution in [0.4, 0.5) is 5.69 Å². The Morgan fingerprint density at radius 3 is 2.44 bits per heavy atom. The molecule has 0 bridgehead atoms. The fourth-order valence-corrected chi connectivity index (χ4v) is 3.53. The van der Waals surface area contributed by atoms with Gasteiger partial charge < -0.3 is 15.2 Å². The lowest BCUT2D eigenvalue weighted by Crippen LogP contribution is -2.35. The number of aromatic amines is 1. The van der Waals surface area contributed by atoms with Crippen LogP contribution in [0.2, 0.25) is 0 Å². The first kappa shape index (κ1) is 22.6. The molecule has 0 aliphatic heterocycles. The van der Waals surface area contributed by atoms with E-state index < -0.39 is 17.1 Å². The molecule has 172 valence electrons. The minimum atomic E-state index is -0.769. The minimum Gasteiger partial charge on any atom is -0.497 e. The predicted octanol–water partition coefficient (Wildman–Crippen LogP) is 3.61. The number of H-pyrrole nitrogens is 1. The Morgan fingerprint density at radius 1 is 1.03 bits per heavy atom. The van der Waals surface area contributed by atoms with Crippen molar-refractivity contribution < 1.29 is 9.84 Å². The topological polar surface area (TPSA) is 109 Å². The van der Waals surface area contributed by atoms with Crippen LogP contribution in [-0.2, 0) is 6.54 Å². The number of para-hydroxylation sites is 1. The van der Waals surface area contributed by atoms with Crippen LogP contribution < -0.4 is 21.3 Å². The highest BCUT2D eigenvalue weighted by atomic mass is 16.5. The maximum absolute atomic E-state index is 12.9. The smallest absolute Gasteiger partial charge is 0.335 e. The van der Waals surface area contributed by atoms with E-state index in [1.165, 1.54) is 7.11 Å². The predicted molar refractivity (Wildman–Crippen MR) is 132 cm³/mol. The number of hydrogen-bond acceptors (Lipinski definition) is 5. The Hall–Kier alpha value is -4.59. The number of amidine groups is 1. The van der Waals surface area contributed by atoms with Crippen LogP contribution in [0, 0.1) is 6.92 Å². The van der Waals surface area contributed by atoms with Gasteiger partial charge in [0.1, 0.15) is 17.1 Å². The molecule has 4 aromatic rings. The van der Waals surface area contributed by atoms with Gasteiger partial charge in [0, 0.05) is 5.69 Å². The van der Waals surface area contributed by atoms with Crippen LogP contribution in [0.25, 0.3) is 5.69 Å². The number of aliphatic imine (C=N–C) groups is 1. The number of hydrogen-bond donors (Lipinski definition) is 3. The molecule has 0 saturated carbocycles. The SMILES string of the molecule is COc1ccc(-n2c(O)c(C(=NCc3cccc(C)c3)Nc3ccccc3)c(=O)[nH]c2=O)cc1. The molecule has 34 heavy (non-hydrogen) atoms. The third-order valence-electron chi connectivity index (χ3n) is 5.19. The zero-order chi connectivity index (χ0) is 24.1. The number of aryl methyl sites for hydroxylation is 1. The van der Waals surface area contributed by atoms with Gasteiger partial charge in [0.15, 0.2) is 0 Å². The highest BCUT2D eigenvalue weighted by Crippen LogP contribution is 2.21. The Balaban J connectivity index is 1.85. The average Bonchev–Trinajstić information content (AvgIpc) is 2.83. The van der Waals surface area contributed by atoms with Gasteiger partial charge in [0.25, 0.3) is 5.56 Å². The van der Waals surface area contributed by atoms with Crippen molar-refractivity contribution in [1.29, 1.82) is 0 Å². The van der Waals surface area contributed by atoms with E-state index in [0.717, 1.165) is 15.7 Å². The average molecular weight is 457 g/mol. The van der Waals surface area contributed by atoms with Crippen molar-refractivity contribution in [2.45, 2.75) is 13.5 Å². The molecule has 8 nitrogen and oxygen atoms in total. The third-order valence-corrected chi connectivity index (χ3v) is 5.19. The van der Waals surface area contributed by atoms with Crippen molar-refractivity contribution in [3.05, 3.63) is 116 Å². The van der Waals surface area contributed by atoms with Crippen molar-refractivity contribution in [2.24, 2.45) is 4.99 Å². The molecule has 0 radical (unpaired) electrons. The molecule has 0 spiro atoms. The molecule has 0 amide bonds. The van der Waals surface area contributed by atoms with Crippen LogP contribution in [0.5, 0.6) is 11.6 Å². The number of rotatable bonds is 6. The van der Waals surface area contributed by atoms with Crippen molar-refractivity contribution in [3.8, 4) is 17.3 Å². The van der Waals surface area contributed by atoms with E-state index in [0.29, 0.717) is 17.1 Å². The molecule has 1 aromatic heterocycles. The molecule has 0 aliphatic carbocycles. The highest BCUT2D eigenvalue weighted by Gasteiger charge is 2.21. The van der Waals surface area contributed by atoms with Crippen molar-refractivity contribution in [1.82, 2.24) is 9.55 Å². The highest BCUT2D eigenvalue weighted by molar-refractivity contribution is 6.09.